The molecule has 0 rings (SSSR count). The van der Waals surface area contributed by atoms with Gasteiger partial charge in [-0.1, -0.05) is 0 Å². The first-order valence-corrected chi connectivity index (χ1v) is 5.01. The maximum Gasteiger partial charge on any atom is 0.220 e. The smallest absolute Gasteiger partial charge is 0.220 e. The van der Waals surface area contributed by atoms with E-state index in [0.29, 0.717) is 13.0 Å². The summed E-state index contributed by atoms with van der Waals surface area (Å²) in [4.78, 5) is 13.3. The van der Waals surface area contributed by atoms with Crippen LogP contribution in [0.25, 0.3) is 0 Å². The minimum atomic E-state index is -0.251. The van der Waals surface area contributed by atoms with E-state index in [-0.39, 0.29) is 11.4 Å². The van der Waals surface area contributed by atoms with Gasteiger partial charge in [-0.3, -0.25) is 4.79 Å². The van der Waals surface area contributed by atoms with Gasteiger partial charge >= 0.3 is 0 Å². The van der Waals surface area contributed by atoms with Gasteiger partial charge in [-0.25, -0.2) is 0 Å². The highest BCUT2D eigenvalue weighted by Crippen LogP contribution is 2.06. The summed E-state index contributed by atoms with van der Waals surface area (Å²) in [7, 11) is 3.96. The van der Waals surface area contributed by atoms with Crippen molar-refractivity contribution in [3.8, 4) is 0 Å². The monoisotopic (exact) mass is 201 g/mol. The van der Waals surface area contributed by atoms with Gasteiger partial charge in [-0.2, -0.15) is 0 Å². The zero-order valence-corrected chi connectivity index (χ0v) is 9.76. The van der Waals surface area contributed by atoms with E-state index in [4.69, 9.17) is 5.73 Å². The topological polar surface area (TPSA) is 58.4 Å². The van der Waals surface area contributed by atoms with Crippen LogP contribution < -0.4 is 11.1 Å². The van der Waals surface area contributed by atoms with E-state index in [1.165, 1.54) is 0 Å². The van der Waals surface area contributed by atoms with Crippen molar-refractivity contribution in [2.75, 3.05) is 27.2 Å². The van der Waals surface area contributed by atoms with E-state index in [1.807, 2.05) is 32.8 Å². The SMILES string of the molecule is CN(C)CCNC(=O)CCC(C)(C)N. The summed E-state index contributed by atoms with van der Waals surface area (Å²) < 4.78 is 0. The van der Waals surface area contributed by atoms with E-state index in [0.717, 1.165) is 13.0 Å². The largest absolute Gasteiger partial charge is 0.355 e. The maximum atomic E-state index is 11.3. The highest BCUT2D eigenvalue weighted by Gasteiger charge is 2.12. The summed E-state index contributed by atoms with van der Waals surface area (Å²) in [6.45, 7) is 5.44. The number of nitrogens with two attached hydrogens (primary N) is 1. The number of amides is 1. The summed E-state index contributed by atoms with van der Waals surface area (Å²) in [5, 5.41) is 2.85. The van der Waals surface area contributed by atoms with Crippen molar-refractivity contribution < 1.29 is 4.79 Å². The summed E-state index contributed by atoms with van der Waals surface area (Å²) in [5.74, 6) is 0.0883. The van der Waals surface area contributed by atoms with Gasteiger partial charge in [-0.05, 0) is 34.4 Å². The van der Waals surface area contributed by atoms with E-state index in [2.05, 4.69) is 5.32 Å². The minimum Gasteiger partial charge on any atom is -0.355 e. The maximum absolute atomic E-state index is 11.3. The van der Waals surface area contributed by atoms with Crippen LogP contribution in [-0.4, -0.2) is 43.5 Å². The Hall–Kier alpha value is -0.610. The third-order valence-corrected chi connectivity index (χ3v) is 1.88. The van der Waals surface area contributed by atoms with Gasteiger partial charge in [0.25, 0.3) is 0 Å². The molecule has 1 amide bonds. The van der Waals surface area contributed by atoms with Crippen LogP contribution >= 0.6 is 0 Å². The molecule has 84 valence electrons. The molecule has 0 radical (unpaired) electrons. The zero-order chi connectivity index (χ0) is 11.2. The number of hydrogen-bond acceptors (Lipinski definition) is 3. The molecular weight excluding hydrogens is 178 g/mol. The first-order valence-electron chi connectivity index (χ1n) is 5.01. The molecule has 0 saturated heterocycles. The highest BCUT2D eigenvalue weighted by molar-refractivity contribution is 5.75. The third kappa shape index (κ3) is 9.48. The van der Waals surface area contributed by atoms with Crippen molar-refractivity contribution in [2.24, 2.45) is 5.73 Å². The molecule has 0 aromatic rings. The molecule has 0 atom stereocenters. The Morgan fingerprint density at radius 2 is 2.00 bits per heavy atom. The van der Waals surface area contributed by atoms with Gasteiger partial charge in [0.1, 0.15) is 0 Å². The molecule has 0 aliphatic rings. The average Bonchev–Trinajstić information content (AvgIpc) is 1.99. The Morgan fingerprint density at radius 1 is 1.43 bits per heavy atom. The van der Waals surface area contributed by atoms with Crippen LogP contribution in [0.3, 0.4) is 0 Å². The summed E-state index contributed by atoms with van der Waals surface area (Å²) >= 11 is 0. The number of hydrogen-bond donors (Lipinski definition) is 2. The quantitative estimate of drug-likeness (QED) is 0.644. The zero-order valence-electron chi connectivity index (χ0n) is 9.76. The number of carbonyl (C=O) groups excluding carboxylic acids is 1. The second-order valence-electron chi connectivity index (χ2n) is 4.64. The van der Waals surface area contributed by atoms with E-state index in [1.54, 1.807) is 0 Å². The first kappa shape index (κ1) is 13.4. The fraction of sp³-hybridized carbons (Fsp3) is 0.900. The lowest BCUT2D eigenvalue weighted by Crippen LogP contribution is -2.36. The molecule has 4 nitrogen and oxygen atoms in total. The van der Waals surface area contributed by atoms with Crippen LogP contribution in [0.15, 0.2) is 0 Å². The van der Waals surface area contributed by atoms with Gasteiger partial charge in [0, 0.05) is 25.0 Å². The third-order valence-electron chi connectivity index (χ3n) is 1.88. The number of likely N-dealkylation sites (N-methyl/N-ethyl adjacent to an activating group) is 1. The molecule has 0 aliphatic carbocycles. The molecule has 0 fully saturated rings. The van der Waals surface area contributed by atoms with Gasteiger partial charge in [-0.15, -0.1) is 0 Å². The van der Waals surface area contributed by atoms with Gasteiger partial charge in [0.2, 0.25) is 5.91 Å². The molecule has 0 heterocycles. The van der Waals surface area contributed by atoms with Crippen LogP contribution in [0, 0.1) is 0 Å². The van der Waals surface area contributed by atoms with Gasteiger partial charge < -0.3 is 16.0 Å². The van der Waals surface area contributed by atoms with Crippen molar-refractivity contribution in [3.05, 3.63) is 0 Å². The van der Waals surface area contributed by atoms with Crippen LogP contribution in [0.4, 0.5) is 0 Å². The standard InChI is InChI=1S/C10H23N3O/c1-10(2,11)6-5-9(14)12-7-8-13(3)4/h5-8,11H2,1-4H3,(H,12,14). The second kappa shape index (κ2) is 5.98. The van der Waals surface area contributed by atoms with Crippen LogP contribution in [0.2, 0.25) is 0 Å². The minimum absolute atomic E-state index is 0.0883. The number of rotatable bonds is 6. The molecule has 4 heteroatoms. The molecule has 0 aliphatic heterocycles. The number of carbonyl (C=O) groups is 1. The molecular formula is C10H23N3O. The lowest BCUT2D eigenvalue weighted by Gasteiger charge is -2.17. The highest BCUT2D eigenvalue weighted by atomic mass is 16.1. The fourth-order valence-corrected chi connectivity index (χ4v) is 0.943. The summed E-state index contributed by atoms with van der Waals surface area (Å²) in [5.41, 5.74) is 5.52. The molecule has 0 bridgehead atoms. The predicted molar refractivity (Wildman–Crippen MR) is 59.1 cm³/mol. The molecule has 0 aromatic heterocycles. The molecule has 3 N–H and O–H groups in total. The lowest BCUT2D eigenvalue weighted by molar-refractivity contribution is -0.121. The number of nitrogens with one attached hydrogen (secondary N) is 1. The number of nitrogens with zero attached hydrogens (tertiary/aromatic N) is 1. The van der Waals surface area contributed by atoms with Crippen LogP contribution in [0.5, 0.6) is 0 Å². The summed E-state index contributed by atoms with van der Waals surface area (Å²) in [6.07, 6.45) is 1.23. The Morgan fingerprint density at radius 3 is 2.43 bits per heavy atom. The Bertz CT molecular complexity index is 173. The van der Waals surface area contributed by atoms with Crippen molar-refractivity contribution in [1.29, 1.82) is 0 Å². The Labute approximate surface area is 86.8 Å². The van der Waals surface area contributed by atoms with E-state index < -0.39 is 0 Å². The molecule has 14 heavy (non-hydrogen) atoms. The van der Waals surface area contributed by atoms with E-state index >= 15 is 0 Å². The fourth-order valence-electron chi connectivity index (χ4n) is 0.943. The van der Waals surface area contributed by atoms with Gasteiger partial charge in [0.15, 0.2) is 0 Å². The van der Waals surface area contributed by atoms with Crippen molar-refractivity contribution in [2.45, 2.75) is 32.2 Å². The molecule has 0 saturated carbocycles. The van der Waals surface area contributed by atoms with Crippen molar-refractivity contribution in [3.63, 3.8) is 0 Å². The van der Waals surface area contributed by atoms with E-state index in [9.17, 15) is 4.79 Å². The van der Waals surface area contributed by atoms with Crippen molar-refractivity contribution >= 4 is 5.91 Å². The van der Waals surface area contributed by atoms with Crippen LogP contribution in [0.1, 0.15) is 26.7 Å². The van der Waals surface area contributed by atoms with Crippen molar-refractivity contribution in [1.82, 2.24) is 10.2 Å². The Balaban J connectivity index is 3.47. The lowest BCUT2D eigenvalue weighted by atomic mass is 10.00. The van der Waals surface area contributed by atoms with Gasteiger partial charge in [0.05, 0.1) is 0 Å². The molecule has 0 spiro atoms. The second-order valence-corrected chi connectivity index (χ2v) is 4.64. The normalized spacial score (nSPS) is 11.9. The first-order chi connectivity index (χ1) is 6.31. The predicted octanol–water partition coefficient (Wildman–Crippen LogP) is 0.182. The average molecular weight is 201 g/mol. The summed E-state index contributed by atoms with van der Waals surface area (Å²) in [6, 6.07) is 0. The Kier molecular flexibility index (Phi) is 5.72. The van der Waals surface area contributed by atoms with Crippen LogP contribution in [-0.2, 0) is 4.79 Å². The molecule has 0 aromatic carbocycles. The molecule has 0 unspecified atom stereocenters.